The van der Waals surface area contributed by atoms with Crippen LogP contribution >= 0.6 is 0 Å². The number of fused-ring (bicyclic) bond motifs is 4. The van der Waals surface area contributed by atoms with E-state index in [2.05, 4.69) is 65.2 Å². The molecule has 3 aromatic heterocycles. The van der Waals surface area contributed by atoms with Gasteiger partial charge >= 0.3 is 0 Å². The number of hydrogen-bond donors (Lipinski definition) is 0. The molecule has 5 aromatic carbocycles. The fourth-order valence-corrected chi connectivity index (χ4v) is 5.36. The molecule has 0 saturated heterocycles. The van der Waals surface area contributed by atoms with Crippen molar-refractivity contribution in [3.8, 4) is 39.9 Å². The van der Waals surface area contributed by atoms with Gasteiger partial charge in [0.15, 0.2) is 5.58 Å². The summed E-state index contributed by atoms with van der Waals surface area (Å²) in [4.78, 5) is 15.1. The minimum atomic E-state index is 0.604. The van der Waals surface area contributed by atoms with Crippen molar-refractivity contribution in [2.75, 3.05) is 0 Å². The highest BCUT2D eigenvalue weighted by molar-refractivity contribution is 6.12. The lowest BCUT2D eigenvalue weighted by Gasteiger charge is -2.11. The third-order valence-corrected chi connectivity index (χ3v) is 7.26. The third kappa shape index (κ3) is 3.68. The van der Waals surface area contributed by atoms with E-state index in [0.717, 1.165) is 61.0 Å². The van der Waals surface area contributed by atoms with Gasteiger partial charge in [0.05, 0.1) is 22.4 Å². The van der Waals surface area contributed by atoms with Crippen LogP contribution in [0.5, 0.6) is 0 Å². The smallest absolute Gasteiger partial charge is 0.235 e. The van der Waals surface area contributed by atoms with Crippen LogP contribution in [0.4, 0.5) is 0 Å². The highest BCUT2D eigenvalue weighted by Crippen LogP contribution is 2.36. The van der Waals surface area contributed by atoms with Crippen molar-refractivity contribution in [2.24, 2.45) is 0 Å². The molecule has 0 fully saturated rings. The average molecular weight is 515 g/mol. The number of oxazole rings is 1. The summed E-state index contributed by atoms with van der Waals surface area (Å²) in [6.45, 7) is 0. The second-order valence-corrected chi connectivity index (χ2v) is 9.75. The van der Waals surface area contributed by atoms with Gasteiger partial charge in [-0.3, -0.25) is 4.57 Å². The standard InChI is InChI=1S/C35H22N4O/c1-4-12-23(13-5-1)28-21-29(24-14-6-2-7-15-24)38-35(37-28)39-31-19-11-10-18-26(31)27-20-33-30(22-32(27)39)36-34(40-33)25-16-8-3-9-17-25/h1-22H. The van der Waals surface area contributed by atoms with Gasteiger partial charge in [-0.2, -0.15) is 0 Å². The van der Waals surface area contributed by atoms with Crippen LogP contribution in [0.25, 0.3) is 72.8 Å². The van der Waals surface area contributed by atoms with Gasteiger partial charge in [-0.25, -0.2) is 15.0 Å². The molecule has 8 aromatic rings. The average Bonchev–Trinajstić information content (AvgIpc) is 3.59. The van der Waals surface area contributed by atoms with Gasteiger partial charge in [-0.15, -0.1) is 0 Å². The first-order valence-electron chi connectivity index (χ1n) is 13.2. The Morgan fingerprint density at radius 2 is 1.05 bits per heavy atom. The van der Waals surface area contributed by atoms with Crippen LogP contribution in [0.1, 0.15) is 0 Å². The van der Waals surface area contributed by atoms with Crippen molar-refractivity contribution < 1.29 is 4.42 Å². The Balaban J connectivity index is 1.42. The second kappa shape index (κ2) is 9.03. The molecule has 3 heterocycles. The largest absolute Gasteiger partial charge is 0.436 e. The molecule has 0 aliphatic rings. The maximum atomic E-state index is 6.23. The van der Waals surface area contributed by atoms with Crippen LogP contribution in [-0.4, -0.2) is 19.5 Å². The molecule has 0 saturated carbocycles. The maximum absolute atomic E-state index is 6.23. The summed E-state index contributed by atoms with van der Waals surface area (Å²) >= 11 is 0. The molecular weight excluding hydrogens is 492 g/mol. The molecule has 0 aliphatic carbocycles. The van der Waals surface area contributed by atoms with Gasteiger partial charge in [0.2, 0.25) is 11.8 Å². The van der Waals surface area contributed by atoms with Crippen molar-refractivity contribution in [3.05, 3.63) is 133 Å². The number of hydrogen-bond acceptors (Lipinski definition) is 4. The first-order chi connectivity index (χ1) is 19.8. The highest BCUT2D eigenvalue weighted by atomic mass is 16.3. The van der Waals surface area contributed by atoms with Crippen molar-refractivity contribution in [1.82, 2.24) is 19.5 Å². The Bertz CT molecular complexity index is 2090. The molecule has 0 aliphatic heterocycles. The lowest BCUT2D eigenvalue weighted by atomic mass is 10.1. The summed E-state index contributed by atoms with van der Waals surface area (Å²) in [5, 5.41) is 2.17. The van der Waals surface area contributed by atoms with E-state index in [9.17, 15) is 0 Å². The van der Waals surface area contributed by atoms with Gasteiger partial charge in [0, 0.05) is 27.5 Å². The number of aromatic nitrogens is 4. The van der Waals surface area contributed by atoms with Crippen LogP contribution in [0.3, 0.4) is 0 Å². The Kier molecular flexibility index (Phi) is 5.07. The Hall–Kier alpha value is -5.55. The van der Waals surface area contributed by atoms with E-state index in [1.807, 2.05) is 72.8 Å². The summed E-state index contributed by atoms with van der Waals surface area (Å²) in [6, 6.07) is 45.1. The Morgan fingerprint density at radius 1 is 0.475 bits per heavy atom. The molecular formula is C35H22N4O. The number of benzene rings is 5. The number of rotatable bonds is 4. The van der Waals surface area contributed by atoms with Crippen molar-refractivity contribution in [1.29, 1.82) is 0 Å². The van der Waals surface area contributed by atoms with E-state index in [1.165, 1.54) is 0 Å². The summed E-state index contributed by atoms with van der Waals surface area (Å²) in [7, 11) is 0. The molecule has 0 N–H and O–H groups in total. The predicted molar refractivity (Wildman–Crippen MR) is 160 cm³/mol. The second-order valence-electron chi connectivity index (χ2n) is 9.75. The van der Waals surface area contributed by atoms with E-state index in [0.29, 0.717) is 11.8 Å². The van der Waals surface area contributed by atoms with Gasteiger partial charge in [0.1, 0.15) is 5.52 Å². The summed E-state index contributed by atoms with van der Waals surface area (Å²) in [5.74, 6) is 1.21. The lowest BCUT2D eigenvalue weighted by Crippen LogP contribution is -2.04. The SMILES string of the molecule is c1ccc(-c2cc(-c3ccccc3)nc(-n3c4ccccc4c4cc5oc(-c6ccccc6)nc5cc43)n2)cc1. The van der Waals surface area contributed by atoms with Crippen LogP contribution < -0.4 is 0 Å². The first-order valence-corrected chi connectivity index (χ1v) is 13.2. The zero-order valence-electron chi connectivity index (χ0n) is 21.4. The molecule has 0 atom stereocenters. The molecule has 188 valence electrons. The maximum Gasteiger partial charge on any atom is 0.235 e. The van der Waals surface area contributed by atoms with Crippen molar-refractivity contribution >= 4 is 32.9 Å². The fraction of sp³-hybridized carbons (Fsp3) is 0. The highest BCUT2D eigenvalue weighted by Gasteiger charge is 2.19. The zero-order valence-corrected chi connectivity index (χ0v) is 21.4. The number of nitrogens with zero attached hydrogens (tertiary/aromatic N) is 4. The summed E-state index contributed by atoms with van der Waals surface area (Å²) < 4.78 is 8.37. The van der Waals surface area contributed by atoms with E-state index in [4.69, 9.17) is 19.4 Å². The van der Waals surface area contributed by atoms with E-state index >= 15 is 0 Å². The summed E-state index contributed by atoms with van der Waals surface area (Å²) in [6.07, 6.45) is 0. The Morgan fingerprint density at radius 3 is 1.70 bits per heavy atom. The van der Waals surface area contributed by atoms with Gasteiger partial charge < -0.3 is 4.42 Å². The lowest BCUT2D eigenvalue weighted by molar-refractivity contribution is 0.620. The van der Waals surface area contributed by atoms with Gasteiger partial charge in [-0.05, 0) is 36.4 Å². The van der Waals surface area contributed by atoms with Crippen molar-refractivity contribution in [2.45, 2.75) is 0 Å². The first kappa shape index (κ1) is 22.4. The molecule has 8 rings (SSSR count). The normalized spacial score (nSPS) is 11.5. The Labute approximate surface area is 230 Å². The van der Waals surface area contributed by atoms with Gasteiger partial charge in [0.25, 0.3) is 0 Å². The van der Waals surface area contributed by atoms with Crippen LogP contribution in [-0.2, 0) is 0 Å². The third-order valence-electron chi connectivity index (χ3n) is 7.26. The quantitative estimate of drug-likeness (QED) is 0.236. The zero-order chi connectivity index (χ0) is 26.5. The topological polar surface area (TPSA) is 56.7 Å². The molecule has 0 radical (unpaired) electrons. The van der Waals surface area contributed by atoms with E-state index in [-0.39, 0.29) is 0 Å². The van der Waals surface area contributed by atoms with Crippen LogP contribution in [0.15, 0.2) is 138 Å². The van der Waals surface area contributed by atoms with Crippen LogP contribution in [0, 0.1) is 0 Å². The minimum Gasteiger partial charge on any atom is -0.436 e. The van der Waals surface area contributed by atoms with Crippen molar-refractivity contribution in [3.63, 3.8) is 0 Å². The molecule has 0 amide bonds. The molecule has 0 bridgehead atoms. The predicted octanol–water partition coefficient (Wildman–Crippen LogP) is 8.72. The monoisotopic (exact) mass is 514 g/mol. The molecule has 0 spiro atoms. The minimum absolute atomic E-state index is 0.604. The molecule has 5 heteroatoms. The van der Waals surface area contributed by atoms with E-state index < -0.39 is 0 Å². The number of para-hydroxylation sites is 1. The molecule has 0 unspecified atom stereocenters. The van der Waals surface area contributed by atoms with Gasteiger partial charge in [-0.1, -0.05) is 97.1 Å². The molecule has 5 nitrogen and oxygen atoms in total. The molecule has 40 heavy (non-hydrogen) atoms. The van der Waals surface area contributed by atoms with Crippen LogP contribution in [0.2, 0.25) is 0 Å². The fourth-order valence-electron chi connectivity index (χ4n) is 5.36. The van der Waals surface area contributed by atoms with E-state index in [1.54, 1.807) is 0 Å². The summed E-state index contributed by atoms with van der Waals surface area (Å²) in [5.41, 5.74) is 8.29.